The van der Waals surface area contributed by atoms with E-state index in [0.717, 1.165) is 17.9 Å². The zero-order chi connectivity index (χ0) is 20.8. The van der Waals surface area contributed by atoms with Crippen LogP contribution in [0.1, 0.15) is 35.0 Å². The van der Waals surface area contributed by atoms with Crippen LogP contribution in [0.25, 0.3) is 0 Å². The third kappa shape index (κ3) is 5.23. The van der Waals surface area contributed by atoms with E-state index in [1.807, 2.05) is 25.1 Å². The Hall–Kier alpha value is -3.13. The molecule has 1 aliphatic rings. The zero-order valence-corrected chi connectivity index (χ0v) is 16.7. The van der Waals surface area contributed by atoms with Crippen LogP contribution in [0.2, 0.25) is 0 Å². The molecule has 2 aromatic rings. The summed E-state index contributed by atoms with van der Waals surface area (Å²) >= 11 is 0. The summed E-state index contributed by atoms with van der Waals surface area (Å²) in [7, 11) is 3.81. The van der Waals surface area contributed by atoms with Gasteiger partial charge < -0.3 is 20.0 Å². The lowest BCUT2D eigenvalue weighted by Crippen LogP contribution is -2.40. The molecule has 1 unspecified atom stereocenters. The standard InChI is InChI=1S/C21H26N4O4/c1-24(2)17(18-5-4-12-29-18)13-22-19(26)14-23-21(28)15-7-9-16(10-8-15)25-11-3-6-20(25)27/h4-5,7-10,12,17H,3,6,11,13-14H2,1-2H3,(H,22,26)(H,23,28). The Labute approximate surface area is 169 Å². The topological polar surface area (TPSA) is 94.9 Å². The summed E-state index contributed by atoms with van der Waals surface area (Å²) in [6.45, 7) is 0.952. The van der Waals surface area contributed by atoms with Gasteiger partial charge in [-0.15, -0.1) is 0 Å². The molecule has 2 N–H and O–H groups in total. The van der Waals surface area contributed by atoms with E-state index in [2.05, 4.69) is 10.6 Å². The summed E-state index contributed by atoms with van der Waals surface area (Å²) in [5, 5.41) is 5.43. The van der Waals surface area contributed by atoms with Crippen LogP contribution in [0.5, 0.6) is 0 Å². The highest BCUT2D eigenvalue weighted by molar-refractivity contribution is 5.98. The Morgan fingerprint density at radius 3 is 2.52 bits per heavy atom. The zero-order valence-electron chi connectivity index (χ0n) is 16.7. The number of likely N-dealkylation sites (N-methyl/N-ethyl adjacent to an activating group) is 1. The molecule has 1 aromatic carbocycles. The van der Waals surface area contributed by atoms with Gasteiger partial charge in [0.15, 0.2) is 0 Å². The second-order valence-electron chi connectivity index (χ2n) is 7.18. The summed E-state index contributed by atoms with van der Waals surface area (Å²) < 4.78 is 5.41. The molecule has 3 rings (SSSR count). The predicted molar refractivity (Wildman–Crippen MR) is 109 cm³/mol. The number of hydrogen-bond acceptors (Lipinski definition) is 5. The van der Waals surface area contributed by atoms with Crippen molar-refractivity contribution in [1.29, 1.82) is 0 Å². The van der Waals surface area contributed by atoms with Crippen molar-refractivity contribution >= 4 is 23.4 Å². The molecular formula is C21H26N4O4. The number of rotatable bonds is 8. The maximum Gasteiger partial charge on any atom is 0.251 e. The maximum absolute atomic E-state index is 12.3. The Kier molecular flexibility index (Phi) is 6.66. The molecule has 0 bridgehead atoms. The van der Waals surface area contributed by atoms with Crippen LogP contribution < -0.4 is 15.5 Å². The number of hydrogen-bond donors (Lipinski definition) is 2. The Morgan fingerprint density at radius 1 is 1.17 bits per heavy atom. The quantitative estimate of drug-likeness (QED) is 0.704. The molecule has 1 saturated heterocycles. The van der Waals surface area contributed by atoms with Crippen LogP contribution >= 0.6 is 0 Å². The first-order chi connectivity index (χ1) is 14.0. The van der Waals surface area contributed by atoms with E-state index in [9.17, 15) is 14.4 Å². The highest BCUT2D eigenvalue weighted by Crippen LogP contribution is 2.21. The van der Waals surface area contributed by atoms with Crippen molar-refractivity contribution in [3.8, 4) is 0 Å². The summed E-state index contributed by atoms with van der Waals surface area (Å²) in [6, 6.07) is 10.4. The van der Waals surface area contributed by atoms with Gasteiger partial charge in [-0.1, -0.05) is 0 Å². The number of benzene rings is 1. The molecule has 0 spiro atoms. The minimum absolute atomic E-state index is 0.0921. The fourth-order valence-electron chi connectivity index (χ4n) is 3.27. The van der Waals surface area contributed by atoms with Gasteiger partial charge in [-0.2, -0.15) is 0 Å². The van der Waals surface area contributed by atoms with Crippen LogP contribution in [0.15, 0.2) is 47.1 Å². The van der Waals surface area contributed by atoms with Crippen molar-refractivity contribution in [2.24, 2.45) is 0 Å². The van der Waals surface area contributed by atoms with Crippen molar-refractivity contribution in [2.45, 2.75) is 18.9 Å². The monoisotopic (exact) mass is 398 g/mol. The van der Waals surface area contributed by atoms with Crippen molar-refractivity contribution in [2.75, 3.05) is 38.6 Å². The van der Waals surface area contributed by atoms with Crippen LogP contribution in [0.4, 0.5) is 5.69 Å². The van der Waals surface area contributed by atoms with E-state index in [0.29, 0.717) is 25.1 Å². The average Bonchev–Trinajstić information content (AvgIpc) is 3.38. The van der Waals surface area contributed by atoms with Gasteiger partial charge in [0.05, 0.1) is 18.8 Å². The number of nitrogens with one attached hydrogen (secondary N) is 2. The predicted octanol–water partition coefficient (Wildman–Crippen LogP) is 1.56. The molecular weight excluding hydrogens is 372 g/mol. The van der Waals surface area contributed by atoms with Crippen molar-refractivity contribution in [1.82, 2.24) is 15.5 Å². The normalized spacial score (nSPS) is 14.9. The first-order valence-electron chi connectivity index (χ1n) is 9.61. The fourth-order valence-corrected chi connectivity index (χ4v) is 3.27. The highest BCUT2D eigenvalue weighted by Gasteiger charge is 2.22. The second kappa shape index (κ2) is 9.38. The third-order valence-corrected chi connectivity index (χ3v) is 4.91. The molecule has 1 atom stereocenters. The van der Waals surface area contributed by atoms with E-state index in [4.69, 9.17) is 4.42 Å². The molecule has 1 fully saturated rings. The summed E-state index contributed by atoms with van der Waals surface area (Å²) in [5.41, 5.74) is 1.23. The van der Waals surface area contributed by atoms with Crippen LogP contribution in [-0.4, -0.2) is 56.4 Å². The van der Waals surface area contributed by atoms with Crippen LogP contribution in [0, 0.1) is 0 Å². The molecule has 2 heterocycles. The lowest BCUT2D eigenvalue weighted by molar-refractivity contribution is -0.120. The van der Waals surface area contributed by atoms with Crippen molar-refractivity contribution in [3.05, 3.63) is 54.0 Å². The van der Waals surface area contributed by atoms with E-state index in [1.165, 1.54) is 0 Å². The second-order valence-corrected chi connectivity index (χ2v) is 7.18. The molecule has 1 aliphatic heterocycles. The largest absolute Gasteiger partial charge is 0.468 e. The van der Waals surface area contributed by atoms with E-state index in [1.54, 1.807) is 41.5 Å². The Balaban J connectivity index is 1.47. The smallest absolute Gasteiger partial charge is 0.251 e. The van der Waals surface area contributed by atoms with Crippen LogP contribution in [-0.2, 0) is 9.59 Å². The minimum Gasteiger partial charge on any atom is -0.468 e. The molecule has 154 valence electrons. The molecule has 0 saturated carbocycles. The first kappa shape index (κ1) is 20.6. The van der Waals surface area contributed by atoms with E-state index in [-0.39, 0.29) is 30.3 Å². The number of carbonyl (C=O) groups excluding carboxylic acids is 3. The van der Waals surface area contributed by atoms with Crippen molar-refractivity contribution in [3.63, 3.8) is 0 Å². The molecule has 3 amide bonds. The van der Waals surface area contributed by atoms with Gasteiger partial charge in [0.2, 0.25) is 11.8 Å². The third-order valence-electron chi connectivity index (χ3n) is 4.91. The van der Waals surface area contributed by atoms with Crippen molar-refractivity contribution < 1.29 is 18.8 Å². The number of nitrogens with zero attached hydrogens (tertiary/aromatic N) is 2. The molecule has 8 nitrogen and oxygen atoms in total. The molecule has 8 heteroatoms. The number of amides is 3. The molecule has 0 aliphatic carbocycles. The summed E-state index contributed by atoms with van der Waals surface area (Å²) in [5.74, 6) is 0.242. The highest BCUT2D eigenvalue weighted by atomic mass is 16.3. The number of furan rings is 1. The van der Waals surface area contributed by atoms with Gasteiger partial charge in [0.25, 0.3) is 5.91 Å². The van der Waals surface area contributed by atoms with E-state index >= 15 is 0 Å². The lowest BCUT2D eigenvalue weighted by Gasteiger charge is -2.22. The van der Waals surface area contributed by atoms with Crippen LogP contribution in [0.3, 0.4) is 0 Å². The molecule has 29 heavy (non-hydrogen) atoms. The van der Waals surface area contributed by atoms with Gasteiger partial charge in [-0.05, 0) is 56.9 Å². The fraction of sp³-hybridized carbons (Fsp3) is 0.381. The number of carbonyl (C=O) groups is 3. The number of anilines is 1. The molecule has 0 radical (unpaired) electrons. The summed E-state index contributed by atoms with van der Waals surface area (Å²) in [6.07, 6.45) is 3.01. The first-order valence-corrected chi connectivity index (χ1v) is 9.61. The summed E-state index contributed by atoms with van der Waals surface area (Å²) in [4.78, 5) is 39.9. The van der Waals surface area contributed by atoms with E-state index < -0.39 is 0 Å². The van der Waals surface area contributed by atoms with Gasteiger partial charge in [-0.25, -0.2) is 0 Å². The van der Waals surface area contributed by atoms with Gasteiger partial charge in [0.1, 0.15) is 5.76 Å². The van der Waals surface area contributed by atoms with Gasteiger partial charge >= 0.3 is 0 Å². The minimum atomic E-state index is -0.338. The SMILES string of the molecule is CN(C)C(CNC(=O)CNC(=O)c1ccc(N2CCCC2=O)cc1)c1ccco1. The Morgan fingerprint density at radius 2 is 1.93 bits per heavy atom. The van der Waals surface area contributed by atoms with Gasteiger partial charge in [-0.3, -0.25) is 19.3 Å². The molecule has 1 aromatic heterocycles. The Bertz CT molecular complexity index is 846. The lowest BCUT2D eigenvalue weighted by atomic mass is 10.2. The maximum atomic E-state index is 12.3. The van der Waals surface area contributed by atoms with Gasteiger partial charge in [0, 0.05) is 30.8 Å². The average molecular weight is 398 g/mol.